The Balaban J connectivity index is 2.76. The van der Waals surface area contributed by atoms with Crippen LogP contribution in [0.15, 0.2) is 16.6 Å². The zero-order chi connectivity index (χ0) is 14.9. The third kappa shape index (κ3) is 2.42. The van der Waals surface area contributed by atoms with Crippen molar-refractivity contribution in [3.05, 3.63) is 27.9 Å². The van der Waals surface area contributed by atoms with Gasteiger partial charge in [0, 0.05) is 17.6 Å². The molecule has 0 spiro atoms. The summed E-state index contributed by atoms with van der Waals surface area (Å²) in [4.78, 5) is 11.5. The average molecular weight is 340 g/mol. The number of rotatable bonds is 5. The lowest BCUT2D eigenvalue weighted by atomic mass is 10.1. The van der Waals surface area contributed by atoms with E-state index in [0.717, 1.165) is 40.5 Å². The maximum Gasteiger partial charge on any atom is 0.338 e. The van der Waals surface area contributed by atoms with Crippen LogP contribution in [-0.2, 0) is 6.54 Å². The highest BCUT2D eigenvalue weighted by Gasteiger charge is 2.20. The largest absolute Gasteiger partial charge is 0.496 e. The number of fused-ring (bicyclic) bond motifs is 1. The Kier molecular flexibility index (Phi) is 4.38. The maximum atomic E-state index is 11.5. The smallest absolute Gasteiger partial charge is 0.338 e. The highest BCUT2D eigenvalue weighted by atomic mass is 79.9. The highest BCUT2D eigenvalue weighted by molar-refractivity contribution is 9.10. The molecule has 4 nitrogen and oxygen atoms in total. The molecule has 1 N–H and O–H groups in total. The van der Waals surface area contributed by atoms with Crippen LogP contribution in [0.5, 0.6) is 5.75 Å². The SMILES string of the molecule is CCCCn1c(C)c(C(=O)O)c2cc(OC)c(Br)cc21. The number of halogens is 1. The summed E-state index contributed by atoms with van der Waals surface area (Å²) in [6, 6.07) is 3.72. The van der Waals surface area contributed by atoms with Gasteiger partial charge in [0.15, 0.2) is 0 Å². The third-order valence-corrected chi connectivity index (χ3v) is 4.17. The molecule has 0 atom stereocenters. The van der Waals surface area contributed by atoms with Gasteiger partial charge in [0.2, 0.25) is 0 Å². The fraction of sp³-hybridized carbons (Fsp3) is 0.400. The Morgan fingerprint density at radius 2 is 2.15 bits per heavy atom. The molecule has 0 aliphatic rings. The van der Waals surface area contributed by atoms with Crippen molar-refractivity contribution in [3.8, 4) is 5.75 Å². The normalized spacial score (nSPS) is 11.0. The van der Waals surface area contributed by atoms with Crippen LogP contribution in [0.1, 0.15) is 35.8 Å². The topological polar surface area (TPSA) is 51.5 Å². The van der Waals surface area contributed by atoms with E-state index in [1.807, 2.05) is 13.0 Å². The first-order chi connectivity index (χ1) is 9.51. The first kappa shape index (κ1) is 14.9. The first-order valence-electron chi connectivity index (χ1n) is 6.60. The number of unbranched alkanes of at least 4 members (excludes halogenated alkanes) is 1. The molecular weight excluding hydrogens is 322 g/mol. The number of aromatic nitrogens is 1. The zero-order valence-electron chi connectivity index (χ0n) is 11.9. The van der Waals surface area contributed by atoms with E-state index >= 15 is 0 Å². The molecule has 0 aliphatic carbocycles. The molecule has 0 amide bonds. The van der Waals surface area contributed by atoms with Crippen LogP contribution in [0.4, 0.5) is 0 Å². The lowest BCUT2D eigenvalue weighted by molar-refractivity contribution is 0.0698. The number of carboxylic acids is 1. The number of aromatic carboxylic acids is 1. The molecule has 108 valence electrons. The molecule has 2 aromatic rings. The van der Waals surface area contributed by atoms with Gasteiger partial charge in [-0.1, -0.05) is 13.3 Å². The number of benzene rings is 1. The molecule has 0 aliphatic heterocycles. The Hall–Kier alpha value is -1.49. The van der Waals surface area contributed by atoms with Crippen molar-refractivity contribution < 1.29 is 14.6 Å². The number of carboxylic acid groups (broad SMARTS) is 1. The van der Waals surface area contributed by atoms with Crippen LogP contribution in [0, 0.1) is 6.92 Å². The molecule has 0 saturated carbocycles. The Labute approximate surface area is 126 Å². The lowest BCUT2D eigenvalue weighted by Gasteiger charge is -2.08. The molecule has 0 radical (unpaired) electrons. The molecule has 1 aromatic heterocycles. The van der Waals surface area contributed by atoms with Gasteiger partial charge in [-0.05, 0) is 41.4 Å². The predicted octanol–water partition coefficient (Wildman–Crippen LogP) is 4.22. The van der Waals surface area contributed by atoms with Crippen LogP contribution in [0.3, 0.4) is 0 Å². The maximum absolute atomic E-state index is 11.5. The molecule has 1 heterocycles. The molecule has 0 bridgehead atoms. The summed E-state index contributed by atoms with van der Waals surface area (Å²) in [5.41, 5.74) is 2.09. The van der Waals surface area contributed by atoms with Gasteiger partial charge in [-0.3, -0.25) is 0 Å². The molecule has 2 rings (SSSR count). The van der Waals surface area contributed by atoms with E-state index in [4.69, 9.17) is 4.74 Å². The van der Waals surface area contributed by atoms with E-state index in [1.54, 1.807) is 13.2 Å². The monoisotopic (exact) mass is 339 g/mol. The van der Waals surface area contributed by atoms with Crippen LogP contribution < -0.4 is 4.74 Å². The van der Waals surface area contributed by atoms with Crippen molar-refractivity contribution in [3.63, 3.8) is 0 Å². The van der Waals surface area contributed by atoms with Crippen molar-refractivity contribution in [1.82, 2.24) is 4.57 Å². The van der Waals surface area contributed by atoms with Crippen LogP contribution in [0.2, 0.25) is 0 Å². The number of carbonyl (C=O) groups is 1. The second kappa shape index (κ2) is 5.87. The summed E-state index contributed by atoms with van der Waals surface area (Å²) in [5, 5.41) is 10.2. The van der Waals surface area contributed by atoms with Crippen LogP contribution >= 0.6 is 15.9 Å². The Bertz CT molecular complexity index is 661. The minimum absolute atomic E-state index is 0.363. The molecule has 0 saturated heterocycles. The first-order valence-corrected chi connectivity index (χ1v) is 7.40. The minimum atomic E-state index is -0.896. The second-order valence-corrected chi connectivity index (χ2v) is 5.63. The van der Waals surface area contributed by atoms with Gasteiger partial charge in [-0.2, -0.15) is 0 Å². The summed E-state index contributed by atoms with van der Waals surface area (Å²) in [5.74, 6) is -0.250. The number of ether oxygens (including phenoxy) is 1. The van der Waals surface area contributed by atoms with E-state index in [2.05, 4.69) is 27.4 Å². The second-order valence-electron chi connectivity index (χ2n) is 4.77. The predicted molar refractivity (Wildman–Crippen MR) is 82.8 cm³/mol. The van der Waals surface area contributed by atoms with E-state index in [9.17, 15) is 9.90 Å². The lowest BCUT2D eigenvalue weighted by Crippen LogP contribution is -2.03. The highest BCUT2D eigenvalue weighted by Crippen LogP contribution is 2.35. The third-order valence-electron chi connectivity index (χ3n) is 3.55. The zero-order valence-corrected chi connectivity index (χ0v) is 13.5. The Morgan fingerprint density at radius 1 is 1.45 bits per heavy atom. The molecule has 20 heavy (non-hydrogen) atoms. The van der Waals surface area contributed by atoms with Gasteiger partial charge < -0.3 is 14.4 Å². The molecule has 5 heteroatoms. The van der Waals surface area contributed by atoms with E-state index in [0.29, 0.717) is 11.3 Å². The molecule has 0 unspecified atom stereocenters. The van der Waals surface area contributed by atoms with E-state index in [-0.39, 0.29) is 0 Å². The van der Waals surface area contributed by atoms with Gasteiger partial charge in [-0.15, -0.1) is 0 Å². The minimum Gasteiger partial charge on any atom is -0.496 e. The molecule has 1 aromatic carbocycles. The Morgan fingerprint density at radius 3 is 2.70 bits per heavy atom. The number of hydrogen-bond donors (Lipinski definition) is 1. The van der Waals surface area contributed by atoms with Crippen molar-refractivity contribution >= 4 is 32.8 Å². The van der Waals surface area contributed by atoms with Crippen LogP contribution in [-0.4, -0.2) is 22.8 Å². The van der Waals surface area contributed by atoms with E-state index in [1.165, 1.54) is 0 Å². The van der Waals surface area contributed by atoms with Crippen molar-refractivity contribution in [2.24, 2.45) is 0 Å². The number of aryl methyl sites for hydroxylation is 1. The van der Waals surface area contributed by atoms with Crippen molar-refractivity contribution in [2.75, 3.05) is 7.11 Å². The fourth-order valence-corrected chi connectivity index (χ4v) is 3.00. The van der Waals surface area contributed by atoms with E-state index < -0.39 is 5.97 Å². The average Bonchev–Trinajstić information content (AvgIpc) is 2.66. The number of hydrogen-bond acceptors (Lipinski definition) is 2. The van der Waals surface area contributed by atoms with Crippen molar-refractivity contribution in [1.29, 1.82) is 0 Å². The van der Waals surface area contributed by atoms with Gasteiger partial charge in [-0.25, -0.2) is 4.79 Å². The van der Waals surface area contributed by atoms with Gasteiger partial charge in [0.1, 0.15) is 5.75 Å². The fourth-order valence-electron chi connectivity index (χ4n) is 2.51. The summed E-state index contributed by atoms with van der Waals surface area (Å²) < 4.78 is 8.18. The standard InChI is InChI=1S/C15H18BrNO3/c1-4-5-6-17-9(2)14(15(18)19)10-7-13(20-3)11(16)8-12(10)17/h7-8H,4-6H2,1-3H3,(H,18,19). The summed E-state index contributed by atoms with van der Waals surface area (Å²) in [6.45, 7) is 4.81. The van der Waals surface area contributed by atoms with Crippen LogP contribution in [0.25, 0.3) is 10.9 Å². The summed E-state index contributed by atoms with van der Waals surface area (Å²) in [7, 11) is 1.58. The number of methoxy groups -OCH3 is 1. The quantitative estimate of drug-likeness (QED) is 0.887. The van der Waals surface area contributed by atoms with Gasteiger partial charge >= 0.3 is 5.97 Å². The molecule has 0 fully saturated rings. The van der Waals surface area contributed by atoms with Gasteiger partial charge in [0.05, 0.1) is 22.7 Å². The number of nitrogens with zero attached hydrogens (tertiary/aromatic N) is 1. The summed E-state index contributed by atoms with van der Waals surface area (Å²) in [6.07, 6.45) is 2.09. The van der Waals surface area contributed by atoms with Crippen molar-refractivity contribution in [2.45, 2.75) is 33.2 Å². The molecular formula is C15H18BrNO3. The van der Waals surface area contributed by atoms with Gasteiger partial charge in [0.25, 0.3) is 0 Å². The summed E-state index contributed by atoms with van der Waals surface area (Å²) >= 11 is 3.47.